The van der Waals surface area contributed by atoms with Crippen LogP contribution in [0.1, 0.15) is 67.1 Å². The third-order valence-corrected chi connectivity index (χ3v) is 8.13. The molecule has 1 N–H and O–H groups in total. The number of rotatable bonds is 7. The van der Waals surface area contributed by atoms with E-state index in [1.165, 1.54) is 0 Å². The predicted octanol–water partition coefficient (Wildman–Crippen LogP) is 5.45. The van der Waals surface area contributed by atoms with Gasteiger partial charge in [0, 0.05) is 34.3 Å². The molecule has 0 spiro atoms. The lowest BCUT2D eigenvalue weighted by atomic mass is 9.95. The van der Waals surface area contributed by atoms with E-state index in [1.807, 2.05) is 71.3 Å². The maximum absolute atomic E-state index is 13.6. The largest absolute Gasteiger partial charge is 0.710 e. The molecule has 6 aromatic rings. The summed E-state index contributed by atoms with van der Waals surface area (Å²) < 4.78 is 6.47. The van der Waals surface area contributed by atoms with E-state index in [9.17, 15) is 10.3 Å². The average Bonchev–Trinajstić information content (AvgIpc) is 3.43. The summed E-state index contributed by atoms with van der Waals surface area (Å²) in [6, 6.07) is 17.8. The molecule has 0 bridgehead atoms. The topological polar surface area (TPSA) is 101 Å². The lowest BCUT2D eigenvalue weighted by Gasteiger charge is -2.15. The molecule has 0 saturated heterocycles. The van der Waals surface area contributed by atoms with Gasteiger partial charge in [-0.05, 0) is 43.4 Å². The van der Waals surface area contributed by atoms with E-state index in [4.69, 9.17) is 10.2 Å². The van der Waals surface area contributed by atoms with Crippen LogP contribution in [0.15, 0.2) is 67.0 Å². The van der Waals surface area contributed by atoms with Crippen molar-refractivity contribution in [3.8, 4) is 16.9 Å². The molecule has 0 amide bonds. The predicted molar refractivity (Wildman–Crippen MR) is 158 cm³/mol. The minimum atomic E-state index is -0.663. The zero-order chi connectivity index (χ0) is 28.4. The van der Waals surface area contributed by atoms with Gasteiger partial charge in [-0.15, -0.1) is 0 Å². The van der Waals surface area contributed by atoms with Crippen LogP contribution < -0.4 is 4.73 Å². The van der Waals surface area contributed by atoms with Crippen LogP contribution >= 0.6 is 0 Å². The molecule has 4 aromatic heterocycles. The number of hydrogen-bond donors (Lipinski definition) is 1. The van der Waals surface area contributed by atoms with Crippen molar-refractivity contribution in [2.24, 2.45) is 7.05 Å². The maximum Gasteiger partial charge on any atom is 0.360 e. The standard InChI is InChI=1S/C32H33N7O2/c1-19(2)29-20(3)38(27-15-23-16-36(4)35-32(23)39(41)31(27)22-13-14-22)34-30(29)24-11-8-12-26-25(24)17-37(33-26)18-28(40)21-9-6-5-7-10-21/h5-12,15-17,19,22,28,40H,13-14,18H2,1-4H3/t28-/m0/s1. The number of pyridine rings is 1. The molecule has 1 saturated carbocycles. The van der Waals surface area contributed by atoms with E-state index in [-0.39, 0.29) is 11.8 Å². The number of fused-ring (bicyclic) bond motifs is 2. The zero-order valence-electron chi connectivity index (χ0n) is 23.7. The van der Waals surface area contributed by atoms with Gasteiger partial charge < -0.3 is 10.3 Å². The van der Waals surface area contributed by atoms with E-state index in [0.717, 1.165) is 73.3 Å². The third kappa shape index (κ3) is 4.28. The van der Waals surface area contributed by atoms with Gasteiger partial charge in [0.2, 0.25) is 0 Å². The van der Waals surface area contributed by atoms with Gasteiger partial charge in [0.1, 0.15) is 11.4 Å². The van der Waals surface area contributed by atoms with E-state index < -0.39 is 6.10 Å². The molecular formula is C32H33N7O2. The van der Waals surface area contributed by atoms with Crippen LogP contribution in [-0.4, -0.2) is 34.4 Å². The first-order chi connectivity index (χ1) is 19.8. The summed E-state index contributed by atoms with van der Waals surface area (Å²) in [5.41, 5.74) is 7.74. The van der Waals surface area contributed by atoms with E-state index >= 15 is 0 Å². The summed E-state index contributed by atoms with van der Waals surface area (Å²) in [5, 5.41) is 40.6. The van der Waals surface area contributed by atoms with Crippen molar-refractivity contribution in [3.05, 3.63) is 94.7 Å². The molecule has 0 unspecified atom stereocenters. The minimum absolute atomic E-state index is 0.204. The maximum atomic E-state index is 13.6. The van der Waals surface area contributed by atoms with Crippen molar-refractivity contribution in [3.63, 3.8) is 0 Å². The fourth-order valence-corrected chi connectivity index (χ4v) is 6.08. The molecule has 9 heteroatoms. The highest BCUT2D eigenvalue weighted by molar-refractivity contribution is 5.94. The second kappa shape index (κ2) is 9.55. The first kappa shape index (κ1) is 25.5. The van der Waals surface area contributed by atoms with Gasteiger partial charge in [-0.2, -0.15) is 14.9 Å². The van der Waals surface area contributed by atoms with Crippen molar-refractivity contribution < 1.29 is 9.84 Å². The molecule has 4 heterocycles. The summed E-state index contributed by atoms with van der Waals surface area (Å²) in [5.74, 6) is 0.413. The van der Waals surface area contributed by atoms with Crippen LogP contribution in [-0.2, 0) is 13.6 Å². The van der Waals surface area contributed by atoms with Gasteiger partial charge >= 0.3 is 5.65 Å². The molecule has 1 atom stereocenters. The van der Waals surface area contributed by atoms with E-state index in [2.05, 4.69) is 38.0 Å². The number of aryl methyl sites for hydroxylation is 1. The molecule has 9 nitrogen and oxygen atoms in total. The summed E-state index contributed by atoms with van der Waals surface area (Å²) in [6.45, 7) is 6.79. The van der Waals surface area contributed by atoms with Gasteiger partial charge in [0.25, 0.3) is 0 Å². The first-order valence-electron chi connectivity index (χ1n) is 14.2. The summed E-state index contributed by atoms with van der Waals surface area (Å²) in [7, 11) is 1.84. The molecule has 1 aliphatic carbocycles. The quantitative estimate of drug-likeness (QED) is 0.212. The molecule has 2 aromatic carbocycles. The van der Waals surface area contributed by atoms with Gasteiger partial charge in [-0.3, -0.25) is 4.68 Å². The third-order valence-electron chi connectivity index (χ3n) is 8.13. The monoisotopic (exact) mass is 547 g/mol. The second-order valence-corrected chi connectivity index (χ2v) is 11.5. The molecule has 41 heavy (non-hydrogen) atoms. The van der Waals surface area contributed by atoms with Gasteiger partial charge in [0.05, 0.1) is 47.6 Å². The number of hydrogen-bond acceptors (Lipinski definition) is 5. The van der Waals surface area contributed by atoms with Crippen LogP contribution in [0, 0.1) is 12.1 Å². The Morgan fingerprint density at radius 2 is 1.80 bits per heavy atom. The van der Waals surface area contributed by atoms with Crippen LogP contribution in [0.3, 0.4) is 0 Å². The molecule has 1 fully saturated rings. The number of aliphatic hydroxyl groups excluding tert-OH is 1. The minimum Gasteiger partial charge on any atom is -0.710 e. The highest BCUT2D eigenvalue weighted by Gasteiger charge is 2.35. The van der Waals surface area contributed by atoms with Gasteiger partial charge in [-0.1, -0.05) is 56.3 Å². The summed E-state index contributed by atoms with van der Waals surface area (Å²) in [6.07, 6.45) is 5.20. The Morgan fingerprint density at radius 3 is 2.54 bits per heavy atom. The first-order valence-corrected chi connectivity index (χ1v) is 14.2. The van der Waals surface area contributed by atoms with Crippen molar-refractivity contribution in [2.45, 2.75) is 58.1 Å². The Labute approximate surface area is 237 Å². The second-order valence-electron chi connectivity index (χ2n) is 11.5. The van der Waals surface area contributed by atoms with Crippen molar-refractivity contribution in [1.29, 1.82) is 0 Å². The number of aliphatic hydroxyl groups is 1. The fourth-order valence-electron chi connectivity index (χ4n) is 6.08. The number of nitrogens with zero attached hydrogens (tertiary/aromatic N) is 7. The van der Waals surface area contributed by atoms with Gasteiger partial charge in [0.15, 0.2) is 0 Å². The normalized spacial score (nSPS) is 14.5. The molecule has 1 aliphatic rings. The SMILES string of the molecule is Cc1c(C(C)C)c(-c2cccc3nn(C[C@H](O)c4ccccc4)cc23)nn1-c1cc2cn(C)nc2[n+]([O-])c1C1CC1. The van der Waals surface area contributed by atoms with Crippen LogP contribution in [0.4, 0.5) is 0 Å². The Hall–Kier alpha value is -4.50. The Kier molecular flexibility index (Phi) is 5.93. The van der Waals surface area contributed by atoms with E-state index in [0.29, 0.717) is 12.2 Å². The molecule has 0 aliphatic heterocycles. The smallest absolute Gasteiger partial charge is 0.360 e. The summed E-state index contributed by atoms with van der Waals surface area (Å²) >= 11 is 0. The highest BCUT2D eigenvalue weighted by atomic mass is 16.5. The Bertz CT molecular complexity index is 1910. The molecule has 208 valence electrons. The van der Waals surface area contributed by atoms with Crippen LogP contribution in [0.2, 0.25) is 0 Å². The lowest BCUT2D eigenvalue weighted by molar-refractivity contribution is -0.588. The Balaban J connectivity index is 1.37. The molecular weight excluding hydrogens is 514 g/mol. The van der Waals surface area contributed by atoms with Crippen LogP contribution in [0.5, 0.6) is 0 Å². The van der Waals surface area contributed by atoms with E-state index in [1.54, 1.807) is 4.68 Å². The van der Waals surface area contributed by atoms with Crippen LogP contribution in [0.25, 0.3) is 38.9 Å². The van der Waals surface area contributed by atoms with Gasteiger partial charge in [-0.25, -0.2) is 9.41 Å². The van der Waals surface area contributed by atoms with Crippen molar-refractivity contribution in [2.75, 3.05) is 0 Å². The number of aromatic nitrogens is 7. The Morgan fingerprint density at radius 1 is 1.02 bits per heavy atom. The molecule has 7 rings (SSSR count). The average molecular weight is 548 g/mol. The molecule has 0 radical (unpaired) electrons. The highest BCUT2D eigenvalue weighted by Crippen LogP contribution is 2.43. The van der Waals surface area contributed by atoms with Crippen molar-refractivity contribution in [1.82, 2.24) is 29.3 Å². The summed E-state index contributed by atoms with van der Waals surface area (Å²) in [4.78, 5) is 0. The lowest BCUT2D eigenvalue weighted by Crippen LogP contribution is -2.34. The number of benzene rings is 2. The fraction of sp³-hybridized carbons (Fsp3) is 0.312. The van der Waals surface area contributed by atoms with Crippen molar-refractivity contribution >= 4 is 21.9 Å². The zero-order valence-corrected chi connectivity index (χ0v) is 23.7.